The highest BCUT2D eigenvalue weighted by Crippen LogP contribution is 2.35. The molecule has 24 heavy (non-hydrogen) atoms. The summed E-state index contributed by atoms with van der Waals surface area (Å²) in [4.78, 5) is 0. The second-order valence-electron chi connectivity index (χ2n) is 5.96. The van der Waals surface area contributed by atoms with E-state index < -0.39 is 0 Å². The van der Waals surface area contributed by atoms with Gasteiger partial charge in [-0.1, -0.05) is 48.5 Å². The zero-order valence-corrected chi connectivity index (χ0v) is 13.0. The van der Waals surface area contributed by atoms with E-state index in [1.165, 1.54) is 16.2 Å². The number of hydrogen-bond donors (Lipinski definition) is 1. The molecule has 0 fully saturated rings. The smallest absolute Gasteiger partial charge is 0.137 e. The first kappa shape index (κ1) is 13.2. The first-order valence-electron chi connectivity index (χ1n) is 8.04. The van der Waals surface area contributed by atoms with E-state index in [4.69, 9.17) is 4.42 Å². The zero-order chi connectivity index (χ0) is 15.9. The van der Waals surface area contributed by atoms with Crippen LogP contribution in [0.15, 0.2) is 89.3 Å². The van der Waals surface area contributed by atoms with Crippen molar-refractivity contribution in [2.24, 2.45) is 0 Å². The summed E-state index contributed by atoms with van der Waals surface area (Å²) in [5.74, 6) is 0. The van der Waals surface area contributed by atoms with E-state index in [9.17, 15) is 0 Å². The highest BCUT2D eigenvalue weighted by Gasteiger charge is 2.10. The second kappa shape index (κ2) is 5.14. The SMILES string of the molecule is c1ccc(Nc2ccc3c(c2)oc2ccc4ccccc4c23)cc1. The van der Waals surface area contributed by atoms with Gasteiger partial charge in [0.15, 0.2) is 0 Å². The van der Waals surface area contributed by atoms with Crippen molar-refractivity contribution in [1.29, 1.82) is 0 Å². The van der Waals surface area contributed by atoms with Crippen molar-refractivity contribution in [1.82, 2.24) is 0 Å². The number of rotatable bonds is 2. The zero-order valence-electron chi connectivity index (χ0n) is 13.0. The van der Waals surface area contributed by atoms with Crippen molar-refractivity contribution in [2.75, 3.05) is 5.32 Å². The number of para-hydroxylation sites is 1. The van der Waals surface area contributed by atoms with Crippen molar-refractivity contribution in [3.05, 3.63) is 84.9 Å². The Hall–Kier alpha value is -3.26. The van der Waals surface area contributed by atoms with Gasteiger partial charge in [0.05, 0.1) is 0 Å². The van der Waals surface area contributed by atoms with Crippen LogP contribution in [0.1, 0.15) is 0 Å². The lowest BCUT2D eigenvalue weighted by Gasteiger charge is -2.05. The summed E-state index contributed by atoms with van der Waals surface area (Å²) in [7, 11) is 0. The van der Waals surface area contributed by atoms with Gasteiger partial charge in [-0.05, 0) is 41.1 Å². The lowest BCUT2D eigenvalue weighted by atomic mass is 10.0. The lowest BCUT2D eigenvalue weighted by Crippen LogP contribution is -1.88. The molecule has 1 aromatic heterocycles. The second-order valence-corrected chi connectivity index (χ2v) is 5.96. The molecule has 1 heterocycles. The van der Waals surface area contributed by atoms with E-state index in [0.717, 1.165) is 27.9 Å². The minimum atomic E-state index is 0.905. The fourth-order valence-corrected chi connectivity index (χ4v) is 3.31. The van der Waals surface area contributed by atoms with Crippen LogP contribution in [-0.4, -0.2) is 0 Å². The first-order chi connectivity index (χ1) is 11.9. The molecule has 0 bridgehead atoms. The third-order valence-corrected chi connectivity index (χ3v) is 4.42. The Balaban J connectivity index is 1.71. The van der Waals surface area contributed by atoms with Crippen LogP contribution in [0, 0.1) is 0 Å². The number of hydrogen-bond acceptors (Lipinski definition) is 2. The molecular weight excluding hydrogens is 294 g/mol. The molecule has 0 spiro atoms. The third-order valence-electron chi connectivity index (χ3n) is 4.42. The summed E-state index contributed by atoms with van der Waals surface area (Å²) in [5, 5.41) is 8.23. The molecule has 0 unspecified atom stereocenters. The van der Waals surface area contributed by atoms with Crippen LogP contribution in [0.4, 0.5) is 11.4 Å². The van der Waals surface area contributed by atoms with Crippen LogP contribution >= 0.6 is 0 Å². The van der Waals surface area contributed by atoms with E-state index in [1.54, 1.807) is 0 Å². The molecule has 0 aliphatic carbocycles. The normalized spacial score (nSPS) is 11.3. The van der Waals surface area contributed by atoms with E-state index in [1.807, 2.05) is 18.2 Å². The molecule has 0 aliphatic rings. The number of anilines is 2. The lowest BCUT2D eigenvalue weighted by molar-refractivity contribution is 0.669. The maximum atomic E-state index is 6.10. The van der Waals surface area contributed by atoms with Gasteiger partial charge < -0.3 is 9.73 Å². The van der Waals surface area contributed by atoms with E-state index in [-0.39, 0.29) is 0 Å². The number of nitrogens with one attached hydrogen (secondary N) is 1. The van der Waals surface area contributed by atoms with Gasteiger partial charge >= 0.3 is 0 Å². The summed E-state index contributed by atoms with van der Waals surface area (Å²) in [6.45, 7) is 0. The number of benzene rings is 4. The van der Waals surface area contributed by atoms with Crippen molar-refractivity contribution in [3.8, 4) is 0 Å². The fraction of sp³-hybridized carbons (Fsp3) is 0. The summed E-state index contributed by atoms with van der Waals surface area (Å²) in [5.41, 5.74) is 3.93. The largest absolute Gasteiger partial charge is 0.456 e. The summed E-state index contributed by atoms with van der Waals surface area (Å²) in [6, 6.07) is 29.1. The van der Waals surface area contributed by atoms with Gasteiger partial charge in [0, 0.05) is 28.2 Å². The van der Waals surface area contributed by atoms with Gasteiger partial charge in [0.2, 0.25) is 0 Å². The average Bonchev–Trinajstić information content (AvgIpc) is 3.01. The Kier molecular flexibility index (Phi) is 2.83. The average molecular weight is 309 g/mol. The van der Waals surface area contributed by atoms with Gasteiger partial charge in [0.25, 0.3) is 0 Å². The molecule has 4 aromatic carbocycles. The Morgan fingerprint density at radius 2 is 1.42 bits per heavy atom. The van der Waals surface area contributed by atoms with Crippen molar-refractivity contribution in [2.45, 2.75) is 0 Å². The van der Waals surface area contributed by atoms with Gasteiger partial charge in [-0.2, -0.15) is 0 Å². The van der Waals surface area contributed by atoms with Gasteiger partial charge in [-0.3, -0.25) is 0 Å². The molecule has 5 rings (SSSR count). The van der Waals surface area contributed by atoms with Crippen molar-refractivity contribution in [3.63, 3.8) is 0 Å². The molecule has 0 amide bonds. The van der Waals surface area contributed by atoms with Crippen LogP contribution in [0.5, 0.6) is 0 Å². The number of furan rings is 1. The molecule has 0 aliphatic heterocycles. The van der Waals surface area contributed by atoms with Crippen LogP contribution in [0.3, 0.4) is 0 Å². The standard InChI is InChI=1S/C22H15NO/c1-2-7-16(8-3-1)23-17-11-12-19-21(14-17)24-20-13-10-15-6-4-5-9-18(15)22(19)20/h1-14,23H. The minimum absolute atomic E-state index is 0.905. The molecule has 1 N–H and O–H groups in total. The van der Waals surface area contributed by atoms with E-state index >= 15 is 0 Å². The van der Waals surface area contributed by atoms with Crippen LogP contribution in [0.2, 0.25) is 0 Å². The molecule has 2 heteroatoms. The maximum absolute atomic E-state index is 6.10. The molecule has 0 saturated heterocycles. The predicted molar refractivity (Wildman–Crippen MR) is 101 cm³/mol. The van der Waals surface area contributed by atoms with Gasteiger partial charge in [-0.25, -0.2) is 0 Å². The van der Waals surface area contributed by atoms with Crippen molar-refractivity contribution < 1.29 is 4.42 Å². The van der Waals surface area contributed by atoms with E-state index in [0.29, 0.717) is 0 Å². The van der Waals surface area contributed by atoms with Crippen LogP contribution in [-0.2, 0) is 0 Å². The molecule has 2 nitrogen and oxygen atoms in total. The molecule has 5 aromatic rings. The molecule has 0 saturated carbocycles. The Morgan fingerprint density at radius 3 is 2.33 bits per heavy atom. The number of fused-ring (bicyclic) bond motifs is 5. The third kappa shape index (κ3) is 2.04. The first-order valence-corrected chi connectivity index (χ1v) is 8.04. The minimum Gasteiger partial charge on any atom is -0.456 e. The Labute approximate surface area is 139 Å². The van der Waals surface area contributed by atoms with Gasteiger partial charge in [0.1, 0.15) is 11.2 Å². The molecule has 0 atom stereocenters. The summed E-state index contributed by atoms with van der Waals surface area (Å²) in [6.07, 6.45) is 0. The Morgan fingerprint density at radius 1 is 0.583 bits per heavy atom. The van der Waals surface area contributed by atoms with Crippen LogP contribution in [0.25, 0.3) is 32.7 Å². The van der Waals surface area contributed by atoms with Crippen LogP contribution < -0.4 is 5.32 Å². The molecular formula is C22H15NO. The summed E-state index contributed by atoms with van der Waals surface area (Å²) < 4.78 is 6.10. The molecule has 0 radical (unpaired) electrons. The fourth-order valence-electron chi connectivity index (χ4n) is 3.31. The van der Waals surface area contributed by atoms with E-state index in [2.05, 4.69) is 72.0 Å². The molecule has 114 valence electrons. The quantitative estimate of drug-likeness (QED) is 0.403. The monoisotopic (exact) mass is 309 g/mol. The van der Waals surface area contributed by atoms with Gasteiger partial charge in [-0.15, -0.1) is 0 Å². The highest BCUT2D eigenvalue weighted by atomic mass is 16.3. The predicted octanol–water partition coefficient (Wildman–Crippen LogP) is 6.48. The summed E-state index contributed by atoms with van der Waals surface area (Å²) >= 11 is 0. The topological polar surface area (TPSA) is 25.2 Å². The highest BCUT2D eigenvalue weighted by molar-refractivity contribution is 6.19. The Bertz CT molecular complexity index is 1170. The maximum Gasteiger partial charge on any atom is 0.137 e. The van der Waals surface area contributed by atoms with Crippen molar-refractivity contribution >= 4 is 44.1 Å².